The molecule has 1 saturated heterocycles. The molecule has 1 unspecified atom stereocenters. The smallest absolute Gasteiger partial charge is 0.257 e. The fourth-order valence-corrected chi connectivity index (χ4v) is 2.02. The maximum Gasteiger partial charge on any atom is 0.257 e. The van der Waals surface area contributed by atoms with Crippen LogP contribution in [0.25, 0.3) is 0 Å². The predicted molar refractivity (Wildman–Crippen MR) is 72.2 cm³/mol. The van der Waals surface area contributed by atoms with E-state index in [1.165, 1.54) is 23.1 Å². The third-order valence-electron chi connectivity index (χ3n) is 2.92. The highest BCUT2D eigenvalue weighted by molar-refractivity contribution is 7.80. The molecule has 1 heterocycles. The fraction of sp³-hybridized carbons (Fsp3) is 0.333. The number of benzene rings is 1. The molecule has 0 bridgehead atoms. The van der Waals surface area contributed by atoms with Gasteiger partial charge in [0.1, 0.15) is 11.1 Å². The van der Waals surface area contributed by atoms with Gasteiger partial charge in [-0.3, -0.25) is 4.79 Å². The van der Waals surface area contributed by atoms with Crippen molar-refractivity contribution in [2.75, 3.05) is 19.7 Å². The number of nitrogens with two attached hydrogens (primary N) is 1. The van der Waals surface area contributed by atoms with Crippen molar-refractivity contribution in [1.82, 2.24) is 4.90 Å². The van der Waals surface area contributed by atoms with E-state index in [1.807, 2.05) is 0 Å². The molecule has 0 saturated carbocycles. The average molecular weight is 282 g/mol. The Bertz CT molecular complexity index is 520. The van der Waals surface area contributed by atoms with Gasteiger partial charge < -0.3 is 25.6 Å². The van der Waals surface area contributed by atoms with Gasteiger partial charge in [0.15, 0.2) is 11.5 Å². The highest BCUT2D eigenvalue weighted by atomic mass is 32.1. The number of amides is 1. The summed E-state index contributed by atoms with van der Waals surface area (Å²) in [5.41, 5.74) is 5.55. The first-order chi connectivity index (χ1) is 9.00. The van der Waals surface area contributed by atoms with Crippen LogP contribution in [-0.4, -0.2) is 51.8 Å². The van der Waals surface area contributed by atoms with Gasteiger partial charge in [-0.25, -0.2) is 0 Å². The summed E-state index contributed by atoms with van der Waals surface area (Å²) in [6.45, 7) is 0.948. The Morgan fingerprint density at radius 3 is 2.89 bits per heavy atom. The molecule has 1 aromatic carbocycles. The van der Waals surface area contributed by atoms with Gasteiger partial charge in [0.05, 0.1) is 18.7 Å². The number of carbonyl (C=O) groups is 1. The summed E-state index contributed by atoms with van der Waals surface area (Å²) in [7, 11) is 0. The van der Waals surface area contributed by atoms with Crippen molar-refractivity contribution >= 4 is 23.1 Å². The highest BCUT2D eigenvalue weighted by Crippen LogP contribution is 2.29. The Morgan fingerprint density at radius 1 is 1.47 bits per heavy atom. The maximum absolute atomic E-state index is 12.3. The van der Waals surface area contributed by atoms with Crippen LogP contribution in [0.15, 0.2) is 18.2 Å². The van der Waals surface area contributed by atoms with Crippen LogP contribution in [0.5, 0.6) is 11.5 Å². The number of para-hydroxylation sites is 1. The second kappa shape index (κ2) is 5.41. The molecule has 1 amide bonds. The van der Waals surface area contributed by atoms with Crippen molar-refractivity contribution in [2.24, 2.45) is 5.73 Å². The van der Waals surface area contributed by atoms with E-state index in [4.69, 9.17) is 22.7 Å². The molecule has 4 N–H and O–H groups in total. The Hall–Kier alpha value is -1.86. The minimum atomic E-state index is -0.479. The van der Waals surface area contributed by atoms with Gasteiger partial charge in [-0.1, -0.05) is 18.3 Å². The van der Waals surface area contributed by atoms with E-state index >= 15 is 0 Å². The van der Waals surface area contributed by atoms with Gasteiger partial charge in [-0.15, -0.1) is 0 Å². The number of hydrogen-bond acceptors (Lipinski definition) is 5. The molecule has 6 nitrogen and oxygen atoms in total. The van der Waals surface area contributed by atoms with Crippen LogP contribution in [0, 0.1) is 0 Å². The minimum absolute atomic E-state index is 0.0450. The molecular formula is C12H14N2O4S. The van der Waals surface area contributed by atoms with Crippen molar-refractivity contribution in [1.29, 1.82) is 0 Å². The van der Waals surface area contributed by atoms with E-state index in [2.05, 4.69) is 0 Å². The Balaban J connectivity index is 2.19. The molecule has 2 rings (SSSR count). The zero-order chi connectivity index (χ0) is 14.0. The highest BCUT2D eigenvalue weighted by Gasteiger charge is 2.28. The zero-order valence-electron chi connectivity index (χ0n) is 10.1. The number of phenolic OH excluding ortho intramolecular Hbond substituents is 2. The second-order valence-electron chi connectivity index (χ2n) is 4.19. The quantitative estimate of drug-likeness (QED) is 0.530. The van der Waals surface area contributed by atoms with E-state index in [0.29, 0.717) is 13.2 Å². The van der Waals surface area contributed by atoms with E-state index in [1.54, 1.807) is 0 Å². The largest absolute Gasteiger partial charge is 0.504 e. The molecule has 1 fully saturated rings. The SMILES string of the molecule is NC(=S)C1CN(C(=O)c2cccc(O)c2O)CCO1. The van der Waals surface area contributed by atoms with E-state index in [9.17, 15) is 15.0 Å². The van der Waals surface area contributed by atoms with Gasteiger partial charge in [0.2, 0.25) is 0 Å². The summed E-state index contributed by atoms with van der Waals surface area (Å²) >= 11 is 4.84. The molecule has 0 aliphatic carbocycles. The summed E-state index contributed by atoms with van der Waals surface area (Å²) in [6.07, 6.45) is -0.479. The molecule has 102 valence electrons. The summed E-state index contributed by atoms with van der Waals surface area (Å²) < 4.78 is 5.34. The normalized spacial score (nSPS) is 19.2. The summed E-state index contributed by atoms with van der Waals surface area (Å²) in [5.74, 6) is -1.14. The number of phenols is 2. The van der Waals surface area contributed by atoms with Gasteiger partial charge in [0, 0.05) is 6.54 Å². The standard InChI is InChI=1S/C12H14N2O4S/c13-11(19)9-6-14(4-5-18-9)12(17)7-2-1-3-8(15)10(7)16/h1-3,9,15-16H,4-6H2,(H2,13,19). The number of morpholine rings is 1. The predicted octanol–water partition coefficient (Wildman–Crippen LogP) is 0.225. The zero-order valence-corrected chi connectivity index (χ0v) is 10.9. The molecule has 1 aromatic rings. The average Bonchev–Trinajstić information content (AvgIpc) is 2.41. The lowest BCUT2D eigenvalue weighted by Gasteiger charge is -2.32. The van der Waals surface area contributed by atoms with Crippen LogP contribution in [-0.2, 0) is 4.74 Å². The summed E-state index contributed by atoms with van der Waals surface area (Å²) in [4.78, 5) is 13.9. The van der Waals surface area contributed by atoms with Crippen LogP contribution in [0.1, 0.15) is 10.4 Å². The lowest BCUT2D eigenvalue weighted by Crippen LogP contribution is -2.49. The first-order valence-electron chi connectivity index (χ1n) is 5.72. The molecule has 1 aliphatic heterocycles. The van der Waals surface area contributed by atoms with Gasteiger partial charge in [-0.05, 0) is 12.1 Å². The summed E-state index contributed by atoms with van der Waals surface area (Å²) in [6, 6.07) is 4.25. The Labute approximate surface area is 115 Å². The van der Waals surface area contributed by atoms with Gasteiger partial charge in [0.25, 0.3) is 5.91 Å². The Morgan fingerprint density at radius 2 is 2.21 bits per heavy atom. The first-order valence-corrected chi connectivity index (χ1v) is 6.12. The van der Waals surface area contributed by atoms with Gasteiger partial charge in [-0.2, -0.15) is 0 Å². The topological polar surface area (TPSA) is 96.0 Å². The minimum Gasteiger partial charge on any atom is -0.504 e. The Kier molecular flexibility index (Phi) is 3.87. The fourth-order valence-electron chi connectivity index (χ4n) is 1.88. The maximum atomic E-state index is 12.3. The lowest BCUT2D eigenvalue weighted by atomic mass is 10.1. The van der Waals surface area contributed by atoms with E-state index < -0.39 is 17.8 Å². The number of ether oxygens (including phenoxy) is 1. The molecule has 0 spiro atoms. The van der Waals surface area contributed by atoms with Crippen molar-refractivity contribution in [3.63, 3.8) is 0 Å². The van der Waals surface area contributed by atoms with Crippen LogP contribution in [0.2, 0.25) is 0 Å². The number of rotatable bonds is 2. The lowest BCUT2D eigenvalue weighted by molar-refractivity contribution is 0.00863. The number of nitrogens with zero attached hydrogens (tertiary/aromatic N) is 1. The van der Waals surface area contributed by atoms with Crippen LogP contribution < -0.4 is 5.73 Å². The number of aromatic hydroxyl groups is 2. The van der Waals surface area contributed by atoms with Crippen LogP contribution in [0.4, 0.5) is 0 Å². The molecule has 7 heteroatoms. The van der Waals surface area contributed by atoms with Crippen molar-refractivity contribution < 1.29 is 19.7 Å². The molecule has 19 heavy (non-hydrogen) atoms. The second-order valence-corrected chi connectivity index (χ2v) is 4.66. The van der Waals surface area contributed by atoms with Crippen molar-refractivity contribution in [3.8, 4) is 11.5 Å². The molecule has 0 aromatic heterocycles. The van der Waals surface area contributed by atoms with Crippen LogP contribution >= 0.6 is 12.2 Å². The number of thiocarbonyl (C=S) groups is 1. The van der Waals surface area contributed by atoms with Crippen molar-refractivity contribution in [2.45, 2.75) is 6.10 Å². The third kappa shape index (κ3) is 2.77. The third-order valence-corrected chi connectivity index (χ3v) is 3.18. The molecule has 1 atom stereocenters. The van der Waals surface area contributed by atoms with Crippen LogP contribution in [0.3, 0.4) is 0 Å². The van der Waals surface area contributed by atoms with Crippen molar-refractivity contribution in [3.05, 3.63) is 23.8 Å². The van der Waals surface area contributed by atoms with E-state index in [-0.39, 0.29) is 22.8 Å². The monoisotopic (exact) mass is 282 g/mol. The molecular weight excluding hydrogens is 268 g/mol. The van der Waals surface area contributed by atoms with Gasteiger partial charge >= 0.3 is 0 Å². The summed E-state index contributed by atoms with van der Waals surface area (Å²) in [5, 5.41) is 19.1. The first kappa shape index (κ1) is 13.6. The molecule has 1 aliphatic rings. The number of hydrogen-bond donors (Lipinski definition) is 3. The number of carbonyl (C=O) groups excluding carboxylic acids is 1. The van der Waals surface area contributed by atoms with E-state index in [0.717, 1.165) is 0 Å². The molecule has 0 radical (unpaired) electrons.